The summed E-state index contributed by atoms with van der Waals surface area (Å²) in [6, 6.07) is 19.6. The second kappa shape index (κ2) is 8.07. The van der Waals surface area contributed by atoms with Crippen LogP contribution in [0.15, 0.2) is 60.7 Å². The molecule has 0 bridgehead atoms. The monoisotopic (exact) mass is 391 g/mol. The van der Waals surface area contributed by atoms with Crippen molar-refractivity contribution in [2.45, 2.75) is 18.3 Å². The molecule has 0 aromatic heterocycles. The molecule has 2 fully saturated rings. The summed E-state index contributed by atoms with van der Waals surface area (Å²) in [4.78, 5) is 41.4. The van der Waals surface area contributed by atoms with Crippen molar-refractivity contribution in [3.8, 4) is 0 Å². The molecular weight excluding hydrogens is 366 g/mol. The minimum Gasteiger partial charge on any atom is -0.353 e. The highest BCUT2D eigenvalue weighted by atomic mass is 16.2. The predicted molar refractivity (Wildman–Crippen MR) is 109 cm³/mol. The number of piperidine rings is 1. The standard InChI is InChI=1S/C23H25N3O3/c27-20-16-25(15-13-24-20)21(28)17-26-14-7-12-23(22(26)29,18-8-3-1-4-9-18)19-10-5-2-6-11-19/h1-6,8-11H,7,12-17H2,(H,24,27). The number of nitrogens with zero attached hydrogens (tertiary/aromatic N) is 2. The first-order valence-corrected chi connectivity index (χ1v) is 10.1. The maximum absolute atomic E-state index is 13.8. The summed E-state index contributed by atoms with van der Waals surface area (Å²) in [5.41, 5.74) is 1.11. The first-order chi connectivity index (χ1) is 14.1. The van der Waals surface area contributed by atoms with Crippen LogP contribution < -0.4 is 5.32 Å². The fourth-order valence-electron chi connectivity index (χ4n) is 4.43. The second-order valence-electron chi connectivity index (χ2n) is 7.63. The topological polar surface area (TPSA) is 69.7 Å². The lowest BCUT2D eigenvalue weighted by atomic mass is 9.68. The van der Waals surface area contributed by atoms with Gasteiger partial charge in [-0.05, 0) is 24.0 Å². The fourth-order valence-corrected chi connectivity index (χ4v) is 4.43. The van der Waals surface area contributed by atoms with Crippen molar-refractivity contribution >= 4 is 17.7 Å². The van der Waals surface area contributed by atoms with Gasteiger partial charge in [0, 0.05) is 19.6 Å². The summed E-state index contributed by atoms with van der Waals surface area (Å²) in [6.07, 6.45) is 1.51. The van der Waals surface area contributed by atoms with Crippen LogP contribution in [0.3, 0.4) is 0 Å². The lowest BCUT2D eigenvalue weighted by Crippen LogP contribution is -2.57. The lowest BCUT2D eigenvalue weighted by molar-refractivity contribution is -0.147. The Morgan fingerprint density at radius 3 is 2.14 bits per heavy atom. The Hall–Kier alpha value is -3.15. The van der Waals surface area contributed by atoms with Crippen molar-refractivity contribution in [3.05, 3.63) is 71.8 Å². The number of carbonyl (C=O) groups is 3. The van der Waals surface area contributed by atoms with E-state index in [2.05, 4.69) is 5.32 Å². The quantitative estimate of drug-likeness (QED) is 0.860. The number of carbonyl (C=O) groups excluding carboxylic acids is 3. The number of likely N-dealkylation sites (tertiary alicyclic amines) is 1. The van der Waals surface area contributed by atoms with E-state index in [1.165, 1.54) is 4.90 Å². The Labute approximate surface area is 170 Å². The van der Waals surface area contributed by atoms with Crippen LogP contribution in [0, 0.1) is 0 Å². The van der Waals surface area contributed by atoms with Crippen molar-refractivity contribution in [1.82, 2.24) is 15.1 Å². The molecule has 0 saturated carbocycles. The van der Waals surface area contributed by atoms with Gasteiger partial charge in [-0.2, -0.15) is 0 Å². The number of hydrogen-bond donors (Lipinski definition) is 1. The predicted octanol–water partition coefficient (Wildman–Crippen LogP) is 1.55. The van der Waals surface area contributed by atoms with Gasteiger partial charge in [0.15, 0.2) is 0 Å². The molecule has 4 rings (SSSR count). The Bertz CT molecular complexity index is 859. The van der Waals surface area contributed by atoms with Gasteiger partial charge in [-0.3, -0.25) is 14.4 Å². The number of piperazine rings is 1. The third kappa shape index (κ3) is 3.62. The van der Waals surface area contributed by atoms with Gasteiger partial charge in [0.2, 0.25) is 17.7 Å². The zero-order chi connectivity index (χ0) is 20.3. The molecule has 0 unspecified atom stereocenters. The van der Waals surface area contributed by atoms with Gasteiger partial charge in [-0.1, -0.05) is 60.7 Å². The van der Waals surface area contributed by atoms with Crippen LogP contribution in [0.4, 0.5) is 0 Å². The molecule has 0 aliphatic carbocycles. The maximum atomic E-state index is 13.8. The van der Waals surface area contributed by atoms with E-state index in [9.17, 15) is 14.4 Å². The smallest absolute Gasteiger partial charge is 0.242 e. The second-order valence-corrected chi connectivity index (χ2v) is 7.63. The van der Waals surface area contributed by atoms with E-state index >= 15 is 0 Å². The number of benzene rings is 2. The molecule has 2 aromatic carbocycles. The summed E-state index contributed by atoms with van der Waals surface area (Å²) in [6.45, 7) is 1.55. The average molecular weight is 391 g/mol. The third-order valence-electron chi connectivity index (χ3n) is 5.88. The molecule has 2 heterocycles. The lowest BCUT2D eigenvalue weighted by Gasteiger charge is -2.43. The molecule has 2 saturated heterocycles. The van der Waals surface area contributed by atoms with Gasteiger partial charge < -0.3 is 15.1 Å². The summed E-state index contributed by atoms with van der Waals surface area (Å²) in [7, 11) is 0. The van der Waals surface area contributed by atoms with E-state index < -0.39 is 5.41 Å². The van der Waals surface area contributed by atoms with Gasteiger partial charge in [0.25, 0.3) is 0 Å². The molecule has 0 radical (unpaired) electrons. The number of nitrogens with one attached hydrogen (secondary N) is 1. The number of rotatable bonds is 4. The van der Waals surface area contributed by atoms with Crippen LogP contribution in [0.1, 0.15) is 24.0 Å². The zero-order valence-electron chi connectivity index (χ0n) is 16.3. The van der Waals surface area contributed by atoms with Gasteiger partial charge >= 0.3 is 0 Å². The van der Waals surface area contributed by atoms with E-state index in [-0.39, 0.29) is 30.8 Å². The zero-order valence-corrected chi connectivity index (χ0v) is 16.3. The van der Waals surface area contributed by atoms with E-state index in [1.807, 2.05) is 60.7 Å². The molecule has 1 N–H and O–H groups in total. The highest BCUT2D eigenvalue weighted by Gasteiger charge is 2.47. The van der Waals surface area contributed by atoms with Crippen LogP contribution in [-0.2, 0) is 19.8 Å². The highest BCUT2D eigenvalue weighted by molar-refractivity contribution is 5.96. The van der Waals surface area contributed by atoms with E-state index in [0.717, 1.165) is 17.5 Å². The van der Waals surface area contributed by atoms with Crippen molar-refractivity contribution in [1.29, 1.82) is 0 Å². The minimum atomic E-state index is -0.791. The fraction of sp³-hybridized carbons (Fsp3) is 0.348. The SMILES string of the molecule is O=C1CN(C(=O)CN2CCCC(c3ccccc3)(c3ccccc3)C2=O)CCN1. The summed E-state index contributed by atoms with van der Waals surface area (Å²) in [5, 5.41) is 2.72. The molecule has 0 spiro atoms. The largest absolute Gasteiger partial charge is 0.353 e. The van der Waals surface area contributed by atoms with Gasteiger partial charge in [0.05, 0.1) is 18.5 Å². The molecule has 6 nitrogen and oxygen atoms in total. The Balaban J connectivity index is 1.64. The first-order valence-electron chi connectivity index (χ1n) is 10.1. The molecule has 0 atom stereocenters. The normalized spacial score (nSPS) is 19.0. The number of hydrogen-bond acceptors (Lipinski definition) is 3. The van der Waals surface area contributed by atoms with Crippen molar-refractivity contribution in [2.24, 2.45) is 0 Å². The molecule has 3 amide bonds. The maximum Gasteiger partial charge on any atom is 0.242 e. The van der Waals surface area contributed by atoms with Crippen molar-refractivity contribution < 1.29 is 14.4 Å². The minimum absolute atomic E-state index is 0.00747. The Kier molecular flexibility index (Phi) is 5.34. The van der Waals surface area contributed by atoms with Crippen LogP contribution in [0.2, 0.25) is 0 Å². The first kappa shape index (κ1) is 19.2. The summed E-state index contributed by atoms with van der Waals surface area (Å²) in [5.74, 6) is -0.376. The molecule has 2 aliphatic heterocycles. The molecule has 29 heavy (non-hydrogen) atoms. The van der Waals surface area contributed by atoms with E-state index in [4.69, 9.17) is 0 Å². The van der Waals surface area contributed by atoms with Gasteiger partial charge in [-0.15, -0.1) is 0 Å². The molecule has 6 heteroatoms. The molecule has 2 aromatic rings. The van der Waals surface area contributed by atoms with Crippen LogP contribution >= 0.6 is 0 Å². The van der Waals surface area contributed by atoms with Gasteiger partial charge in [0.1, 0.15) is 0 Å². The molecule has 150 valence electrons. The molecular formula is C23H25N3O3. The average Bonchev–Trinajstić information content (AvgIpc) is 2.76. The Morgan fingerprint density at radius 1 is 0.931 bits per heavy atom. The van der Waals surface area contributed by atoms with E-state index in [1.54, 1.807) is 4.90 Å². The van der Waals surface area contributed by atoms with Crippen molar-refractivity contribution in [3.63, 3.8) is 0 Å². The van der Waals surface area contributed by atoms with Crippen molar-refractivity contribution in [2.75, 3.05) is 32.7 Å². The van der Waals surface area contributed by atoms with Crippen LogP contribution in [0.25, 0.3) is 0 Å². The van der Waals surface area contributed by atoms with Crippen LogP contribution in [-0.4, -0.2) is 60.2 Å². The third-order valence-corrected chi connectivity index (χ3v) is 5.88. The van der Waals surface area contributed by atoms with Gasteiger partial charge in [-0.25, -0.2) is 0 Å². The highest BCUT2D eigenvalue weighted by Crippen LogP contribution is 2.41. The Morgan fingerprint density at radius 2 is 1.55 bits per heavy atom. The summed E-state index contributed by atoms with van der Waals surface area (Å²) < 4.78 is 0. The molecule has 2 aliphatic rings. The van der Waals surface area contributed by atoms with Crippen LogP contribution in [0.5, 0.6) is 0 Å². The van der Waals surface area contributed by atoms with E-state index in [0.29, 0.717) is 26.1 Å². The summed E-state index contributed by atoms with van der Waals surface area (Å²) >= 11 is 0. The number of amides is 3.